The van der Waals surface area contributed by atoms with Gasteiger partial charge in [-0.05, 0) is 25.3 Å². The number of rotatable bonds is 5. The summed E-state index contributed by atoms with van der Waals surface area (Å²) in [6.45, 7) is 3.94. The first kappa shape index (κ1) is 12.7. The van der Waals surface area contributed by atoms with Crippen LogP contribution < -0.4 is 5.32 Å². The molecule has 1 aromatic rings. The zero-order chi connectivity index (χ0) is 11.5. The lowest BCUT2D eigenvalue weighted by Gasteiger charge is -2.18. The molecule has 0 saturated heterocycles. The minimum Gasteiger partial charge on any atom is -0.306 e. The molecule has 0 radical (unpaired) electrons. The highest BCUT2D eigenvalue weighted by atomic mass is 32.2. The SMILES string of the molecule is CC(CS(C)(=O)=O)N[C@H](C)c1cccs1. The van der Waals surface area contributed by atoms with Gasteiger partial charge in [-0.3, -0.25) is 0 Å². The summed E-state index contributed by atoms with van der Waals surface area (Å²) in [5.41, 5.74) is 0. The third-order valence-electron chi connectivity index (χ3n) is 2.06. The molecule has 1 heterocycles. The molecule has 0 bridgehead atoms. The minimum atomic E-state index is -2.90. The molecule has 1 rings (SSSR count). The average molecular weight is 247 g/mol. The highest BCUT2D eigenvalue weighted by molar-refractivity contribution is 7.90. The molecule has 0 aliphatic heterocycles. The fourth-order valence-corrected chi connectivity index (χ4v) is 3.30. The largest absolute Gasteiger partial charge is 0.306 e. The van der Waals surface area contributed by atoms with Gasteiger partial charge in [-0.15, -0.1) is 11.3 Å². The topological polar surface area (TPSA) is 46.2 Å². The molecule has 5 heteroatoms. The van der Waals surface area contributed by atoms with E-state index in [2.05, 4.69) is 11.4 Å². The maximum Gasteiger partial charge on any atom is 0.148 e. The van der Waals surface area contributed by atoms with Crippen LogP contribution >= 0.6 is 11.3 Å². The molecule has 2 atom stereocenters. The lowest BCUT2D eigenvalue weighted by atomic mass is 10.2. The van der Waals surface area contributed by atoms with Gasteiger partial charge in [0.2, 0.25) is 0 Å². The summed E-state index contributed by atoms with van der Waals surface area (Å²) < 4.78 is 22.1. The van der Waals surface area contributed by atoms with Gasteiger partial charge in [0, 0.05) is 23.2 Å². The molecule has 1 unspecified atom stereocenters. The number of sulfone groups is 1. The average Bonchev–Trinajstić information content (AvgIpc) is 2.50. The highest BCUT2D eigenvalue weighted by Gasteiger charge is 2.14. The molecular weight excluding hydrogens is 230 g/mol. The minimum absolute atomic E-state index is 0.0166. The van der Waals surface area contributed by atoms with Crippen molar-refractivity contribution in [2.75, 3.05) is 12.0 Å². The van der Waals surface area contributed by atoms with Crippen molar-refractivity contribution in [3.05, 3.63) is 22.4 Å². The Morgan fingerprint density at radius 2 is 2.13 bits per heavy atom. The van der Waals surface area contributed by atoms with Crippen molar-refractivity contribution < 1.29 is 8.42 Å². The quantitative estimate of drug-likeness (QED) is 0.863. The van der Waals surface area contributed by atoms with Crippen molar-refractivity contribution in [2.24, 2.45) is 0 Å². The van der Waals surface area contributed by atoms with Crippen LogP contribution in [0.2, 0.25) is 0 Å². The van der Waals surface area contributed by atoms with E-state index >= 15 is 0 Å². The number of hydrogen-bond acceptors (Lipinski definition) is 4. The summed E-state index contributed by atoms with van der Waals surface area (Å²) >= 11 is 1.68. The number of thiophene rings is 1. The summed E-state index contributed by atoms with van der Waals surface area (Å²) in [7, 11) is -2.90. The van der Waals surface area contributed by atoms with Gasteiger partial charge in [-0.25, -0.2) is 8.42 Å². The molecule has 0 aliphatic carbocycles. The molecule has 1 aromatic heterocycles. The molecule has 0 fully saturated rings. The van der Waals surface area contributed by atoms with E-state index < -0.39 is 9.84 Å². The van der Waals surface area contributed by atoms with E-state index in [-0.39, 0.29) is 17.8 Å². The maximum absolute atomic E-state index is 11.1. The van der Waals surface area contributed by atoms with Gasteiger partial charge in [0.05, 0.1) is 5.75 Å². The molecule has 0 saturated carbocycles. The Hall–Kier alpha value is -0.390. The van der Waals surface area contributed by atoms with Gasteiger partial charge in [-0.2, -0.15) is 0 Å². The monoisotopic (exact) mass is 247 g/mol. The first-order chi connectivity index (χ1) is 6.88. The van der Waals surface area contributed by atoms with E-state index in [9.17, 15) is 8.42 Å². The molecule has 0 amide bonds. The second-order valence-electron chi connectivity index (χ2n) is 3.90. The van der Waals surface area contributed by atoms with Gasteiger partial charge < -0.3 is 5.32 Å². The first-order valence-corrected chi connectivity index (χ1v) is 7.79. The van der Waals surface area contributed by atoms with Crippen LogP contribution in [0.3, 0.4) is 0 Å². The van der Waals surface area contributed by atoms with E-state index in [0.717, 1.165) is 0 Å². The highest BCUT2D eigenvalue weighted by Crippen LogP contribution is 2.18. The smallest absolute Gasteiger partial charge is 0.148 e. The zero-order valence-electron chi connectivity index (χ0n) is 9.23. The second kappa shape index (κ2) is 5.09. The third-order valence-corrected chi connectivity index (χ3v) is 4.22. The Labute approximate surface area is 95.4 Å². The molecule has 86 valence electrons. The van der Waals surface area contributed by atoms with E-state index in [4.69, 9.17) is 0 Å². The normalized spacial score (nSPS) is 16.2. The van der Waals surface area contributed by atoms with Crippen molar-refractivity contribution in [2.45, 2.75) is 25.9 Å². The number of nitrogens with one attached hydrogen (secondary N) is 1. The predicted octanol–water partition coefficient (Wildman–Crippen LogP) is 1.83. The van der Waals surface area contributed by atoms with Gasteiger partial charge in [0.1, 0.15) is 9.84 Å². The van der Waals surface area contributed by atoms with Crippen LogP contribution in [0.25, 0.3) is 0 Å². The van der Waals surface area contributed by atoms with Crippen LogP contribution in [0.15, 0.2) is 17.5 Å². The van der Waals surface area contributed by atoms with E-state index in [1.165, 1.54) is 11.1 Å². The lowest BCUT2D eigenvalue weighted by Crippen LogP contribution is -2.34. The van der Waals surface area contributed by atoms with Crippen molar-refractivity contribution in [3.8, 4) is 0 Å². The Morgan fingerprint density at radius 3 is 2.60 bits per heavy atom. The molecular formula is C10H17NO2S2. The summed E-state index contributed by atoms with van der Waals surface area (Å²) in [6, 6.07) is 4.24. The van der Waals surface area contributed by atoms with Crippen LogP contribution in [-0.4, -0.2) is 26.5 Å². The van der Waals surface area contributed by atoms with Crippen LogP contribution in [0.1, 0.15) is 24.8 Å². The standard InChI is InChI=1S/C10H17NO2S2/c1-8(7-15(3,12)13)11-9(2)10-5-4-6-14-10/h4-6,8-9,11H,7H2,1-3H3/t8?,9-/m1/s1. The maximum atomic E-state index is 11.1. The molecule has 0 aliphatic rings. The molecule has 3 nitrogen and oxygen atoms in total. The predicted molar refractivity (Wildman–Crippen MR) is 65.0 cm³/mol. The van der Waals surface area contributed by atoms with Gasteiger partial charge in [-0.1, -0.05) is 6.07 Å². The van der Waals surface area contributed by atoms with Crippen LogP contribution in [0, 0.1) is 0 Å². The van der Waals surface area contributed by atoms with Crippen LogP contribution in [-0.2, 0) is 9.84 Å². The Balaban J connectivity index is 2.49. The summed E-state index contributed by atoms with van der Waals surface area (Å²) in [4.78, 5) is 1.23. The van der Waals surface area contributed by atoms with Gasteiger partial charge >= 0.3 is 0 Å². The summed E-state index contributed by atoms with van der Waals surface area (Å²) in [5.74, 6) is 0.183. The lowest BCUT2D eigenvalue weighted by molar-refractivity contribution is 0.505. The summed E-state index contributed by atoms with van der Waals surface area (Å²) in [5, 5.41) is 5.29. The van der Waals surface area contributed by atoms with Crippen molar-refractivity contribution in [3.63, 3.8) is 0 Å². The third kappa shape index (κ3) is 4.77. The second-order valence-corrected chi connectivity index (χ2v) is 7.06. The van der Waals surface area contributed by atoms with E-state index in [0.29, 0.717) is 0 Å². The van der Waals surface area contributed by atoms with E-state index in [1.54, 1.807) is 11.3 Å². The molecule has 15 heavy (non-hydrogen) atoms. The fraction of sp³-hybridized carbons (Fsp3) is 0.600. The van der Waals surface area contributed by atoms with Gasteiger partial charge in [0.25, 0.3) is 0 Å². The first-order valence-electron chi connectivity index (χ1n) is 4.85. The van der Waals surface area contributed by atoms with E-state index in [1.807, 2.05) is 25.3 Å². The van der Waals surface area contributed by atoms with Crippen LogP contribution in [0.4, 0.5) is 0 Å². The summed E-state index contributed by atoms with van der Waals surface area (Å²) in [6.07, 6.45) is 1.26. The Morgan fingerprint density at radius 1 is 1.47 bits per heavy atom. The van der Waals surface area contributed by atoms with Crippen molar-refractivity contribution in [1.82, 2.24) is 5.32 Å². The zero-order valence-corrected chi connectivity index (χ0v) is 10.9. The van der Waals surface area contributed by atoms with Crippen LogP contribution in [0.5, 0.6) is 0 Å². The van der Waals surface area contributed by atoms with Crippen molar-refractivity contribution >= 4 is 21.2 Å². The molecule has 0 aromatic carbocycles. The van der Waals surface area contributed by atoms with Crippen molar-refractivity contribution in [1.29, 1.82) is 0 Å². The molecule has 0 spiro atoms. The fourth-order valence-electron chi connectivity index (χ4n) is 1.55. The number of hydrogen-bond donors (Lipinski definition) is 1. The Bertz CT molecular complexity index is 384. The molecule has 1 N–H and O–H groups in total. The van der Waals surface area contributed by atoms with Gasteiger partial charge in [0.15, 0.2) is 0 Å². The Kier molecular flexibility index (Phi) is 4.31.